The number of nitrogens with one attached hydrogen (secondary N) is 1. The lowest BCUT2D eigenvalue weighted by atomic mass is 9.87. The molecule has 2 heterocycles. The number of carbonyl (C=O) groups excluding carboxylic acids is 1. The second-order valence-corrected chi connectivity index (χ2v) is 8.65. The number of aliphatic hydroxyl groups excluding tert-OH is 1. The molecule has 1 aliphatic heterocycles. The third-order valence-corrected chi connectivity index (χ3v) is 6.58. The van der Waals surface area contributed by atoms with Crippen LogP contribution >= 0.6 is 11.3 Å². The summed E-state index contributed by atoms with van der Waals surface area (Å²) < 4.78 is 5.99. The third-order valence-electron chi connectivity index (χ3n) is 5.45. The lowest BCUT2D eigenvalue weighted by Gasteiger charge is -2.27. The van der Waals surface area contributed by atoms with E-state index in [9.17, 15) is 9.90 Å². The summed E-state index contributed by atoms with van der Waals surface area (Å²) in [6.45, 7) is 0.409. The summed E-state index contributed by atoms with van der Waals surface area (Å²) in [6, 6.07) is 28.8. The Hall–Kier alpha value is -3.41. The molecular weight excluding hydrogens is 406 g/mol. The zero-order valence-electron chi connectivity index (χ0n) is 16.7. The van der Waals surface area contributed by atoms with E-state index < -0.39 is 12.0 Å². The van der Waals surface area contributed by atoms with Gasteiger partial charge in [0.05, 0.1) is 12.5 Å². The summed E-state index contributed by atoms with van der Waals surface area (Å²) in [7, 11) is 0. The minimum absolute atomic E-state index is 0.0678. The van der Waals surface area contributed by atoms with E-state index in [2.05, 4.69) is 5.32 Å². The van der Waals surface area contributed by atoms with Crippen molar-refractivity contribution in [1.29, 1.82) is 0 Å². The van der Waals surface area contributed by atoms with Crippen molar-refractivity contribution in [1.82, 2.24) is 5.32 Å². The highest BCUT2D eigenvalue weighted by atomic mass is 32.1. The quantitative estimate of drug-likeness (QED) is 0.449. The number of ether oxygens (including phenoxy) is 1. The van der Waals surface area contributed by atoms with Crippen LogP contribution in [-0.2, 0) is 11.3 Å². The molecule has 31 heavy (non-hydrogen) atoms. The van der Waals surface area contributed by atoms with Gasteiger partial charge in [0.1, 0.15) is 17.6 Å². The van der Waals surface area contributed by atoms with Crippen LogP contribution < -0.4 is 10.1 Å². The van der Waals surface area contributed by atoms with Crippen molar-refractivity contribution in [3.8, 4) is 11.5 Å². The van der Waals surface area contributed by atoms with Gasteiger partial charge in [-0.1, -0.05) is 66.7 Å². The molecule has 4 nitrogen and oxygen atoms in total. The predicted octanol–water partition coefficient (Wildman–Crippen LogP) is 5.38. The number of hydrogen-bond acceptors (Lipinski definition) is 4. The van der Waals surface area contributed by atoms with Crippen LogP contribution in [0.3, 0.4) is 0 Å². The van der Waals surface area contributed by atoms with Gasteiger partial charge in [-0.15, -0.1) is 11.3 Å². The van der Waals surface area contributed by atoms with Crippen LogP contribution in [0.2, 0.25) is 0 Å². The maximum absolute atomic E-state index is 13.2. The number of thiophene rings is 1. The fourth-order valence-electron chi connectivity index (χ4n) is 3.90. The molecule has 4 aromatic rings. The Labute approximate surface area is 184 Å². The molecule has 0 radical (unpaired) electrons. The Morgan fingerprint density at radius 2 is 1.48 bits per heavy atom. The van der Waals surface area contributed by atoms with Crippen molar-refractivity contribution < 1.29 is 14.6 Å². The second-order valence-electron chi connectivity index (χ2n) is 7.45. The largest absolute Gasteiger partial charge is 0.457 e. The average molecular weight is 428 g/mol. The molecule has 0 fully saturated rings. The number of para-hydroxylation sites is 2. The molecule has 154 valence electrons. The van der Waals surface area contributed by atoms with Crippen LogP contribution in [0.15, 0.2) is 91.0 Å². The van der Waals surface area contributed by atoms with Crippen LogP contribution in [0.5, 0.6) is 11.5 Å². The number of rotatable bonds is 5. The number of benzene rings is 3. The Bertz CT molecular complexity index is 1170. The highest BCUT2D eigenvalue weighted by Crippen LogP contribution is 2.44. The van der Waals surface area contributed by atoms with E-state index in [1.54, 1.807) is 0 Å². The van der Waals surface area contributed by atoms with Crippen LogP contribution in [-0.4, -0.2) is 11.0 Å². The molecule has 1 atom stereocenters. The number of carbonyl (C=O) groups is 1. The molecule has 0 unspecified atom stereocenters. The minimum Gasteiger partial charge on any atom is -0.457 e. The molecule has 1 aliphatic rings. The predicted molar refractivity (Wildman–Crippen MR) is 121 cm³/mol. The number of aliphatic hydroxyl groups is 1. The van der Waals surface area contributed by atoms with Crippen LogP contribution in [0, 0.1) is 0 Å². The van der Waals surface area contributed by atoms with Crippen molar-refractivity contribution in [3.05, 3.63) is 117 Å². The molecule has 5 rings (SSSR count). The Morgan fingerprint density at radius 1 is 0.871 bits per heavy atom. The molecular formula is C26H21NO3S. The van der Waals surface area contributed by atoms with Gasteiger partial charge in [-0.25, -0.2) is 0 Å². The zero-order valence-corrected chi connectivity index (χ0v) is 17.5. The molecule has 0 aliphatic carbocycles. The number of amides is 1. The first kappa shape index (κ1) is 19.5. The monoisotopic (exact) mass is 427 g/mol. The third kappa shape index (κ3) is 3.85. The zero-order chi connectivity index (χ0) is 21.2. The van der Waals surface area contributed by atoms with Crippen LogP contribution in [0.1, 0.15) is 38.5 Å². The summed E-state index contributed by atoms with van der Waals surface area (Å²) in [4.78, 5) is 15.1. The van der Waals surface area contributed by atoms with E-state index in [0.717, 1.165) is 26.4 Å². The SMILES string of the molecule is O=C(NCc1ccc([C@H](O)c2ccccc2)s1)C1c2ccccc2Oc2ccccc21. The fourth-order valence-corrected chi connectivity index (χ4v) is 4.87. The fraction of sp³-hybridized carbons (Fsp3) is 0.115. The number of hydrogen-bond donors (Lipinski definition) is 2. The van der Waals surface area contributed by atoms with Gasteiger partial charge >= 0.3 is 0 Å². The van der Waals surface area contributed by atoms with E-state index in [-0.39, 0.29) is 5.91 Å². The van der Waals surface area contributed by atoms with Gasteiger partial charge in [0, 0.05) is 20.9 Å². The topological polar surface area (TPSA) is 58.6 Å². The molecule has 0 saturated heterocycles. The van der Waals surface area contributed by atoms with E-state index in [4.69, 9.17) is 4.74 Å². The maximum Gasteiger partial charge on any atom is 0.232 e. The van der Waals surface area contributed by atoms with E-state index in [0.29, 0.717) is 18.0 Å². The van der Waals surface area contributed by atoms with Gasteiger partial charge in [0.2, 0.25) is 5.91 Å². The van der Waals surface area contributed by atoms with Crippen molar-refractivity contribution in [2.24, 2.45) is 0 Å². The summed E-state index contributed by atoms with van der Waals surface area (Å²) >= 11 is 1.51. The van der Waals surface area contributed by atoms with Crippen molar-refractivity contribution in [2.45, 2.75) is 18.6 Å². The van der Waals surface area contributed by atoms with E-state index in [1.807, 2.05) is 91.0 Å². The van der Waals surface area contributed by atoms with Gasteiger partial charge in [-0.05, 0) is 29.8 Å². The lowest BCUT2D eigenvalue weighted by molar-refractivity contribution is -0.122. The van der Waals surface area contributed by atoms with Crippen molar-refractivity contribution >= 4 is 17.2 Å². The van der Waals surface area contributed by atoms with Crippen LogP contribution in [0.25, 0.3) is 0 Å². The summed E-state index contributed by atoms with van der Waals surface area (Å²) in [5.74, 6) is 0.939. The van der Waals surface area contributed by atoms with E-state index in [1.165, 1.54) is 11.3 Å². The smallest absolute Gasteiger partial charge is 0.232 e. The minimum atomic E-state index is -0.662. The summed E-state index contributed by atoms with van der Waals surface area (Å²) in [5.41, 5.74) is 2.59. The summed E-state index contributed by atoms with van der Waals surface area (Å²) in [6.07, 6.45) is -0.662. The van der Waals surface area contributed by atoms with Gasteiger partial charge in [0.15, 0.2) is 0 Å². The molecule has 5 heteroatoms. The number of fused-ring (bicyclic) bond motifs is 2. The second kappa shape index (κ2) is 8.38. The van der Waals surface area contributed by atoms with Crippen LogP contribution in [0.4, 0.5) is 0 Å². The summed E-state index contributed by atoms with van der Waals surface area (Å²) in [5, 5.41) is 13.7. The standard InChI is InChI=1S/C26H21NO3S/c28-25(17-8-2-1-3-9-17)23-15-14-18(31-23)16-27-26(29)24-19-10-4-6-12-21(19)30-22-13-7-5-11-20(22)24/h1-15,24-25,28H,16H2,(H,27,29)/t25-/m1/s1. The average Bonchev–Trinajstić information content (AvgIpc) is 3.30. The van der Waals surface area contributed by atoms with E-state index >= 15 is 0 Å². The molecule has 1 aromatic heterocycles. The van der Waals surface area contributed by atoms with Gasteiger partial charge in [-0.2, -0.15) is 0 Å². The molecule has 0 spiro atoms. The molecule has 1 amide bonds. The van der Waals surface area contributed by atoms with Gasteiger partial charge < -0.3 is 15.2 Å². The van der Waals surface area contributed by atoms with Crippen molar-refractivity contribution in [3.63, 3.8) is 0 Å². The normalized spacial score (nSPS) is 13.6. The highest BCUT2D eigenvalue weighted by Gasteiger charge is 2.32. The molecule has 0 saturated carbocycles. The molecule has 2 N–H and O–H groups in total. The first-order chi connectivity index (χ1) is 15.2. The van der Waals surface area contributed by atoms with Crippen molar-refractivity contribution in [2.75, 3.05) is 0 Å². The highest BCUT2D eigenvalue weighted by molar-refractivity contribution is 7.12. The maximum atomic E-state index is 13.2. The first-order valence-electron chi connectivity index (χ1n) is 10.2. The Morgan fingerprint density at radius 3 is 2.16 bits per heavy atom. The Kier molecular flexibility index (Phi) is 5.28. The molecule has 0 bridgehead atoms. The first-order valence-corrected chi connectivity index (χ1v) is 11.0. The Balaban J connectivity index is 1.34. The molecule has 3 aromatic carbocycles. The van der Waals surface area contributed by atoms with Gasteiger partial charge in [-0.3, -0.25) is 4.79 Å². The lowest BCUT2D eigenvalue weighted by Crippen LogP contribution is -2.31. The van der Waals surface area contributed by atoms with Gasteiger partial charge in [0.25, 0.3) is 0 Å².